The van der Waals surface area contributed by atoms with Crippen molar-refractivity contribution in [1.29, 1.82) is 0 Å². The van der Waals surface area contributed by atoms with Gasteiger partial charge in [0, 0.05) is 12.4 Å². The van der Waals surface area contributed by atoms with Crippen molar-refractivity contribution in [2.24, 2.45) is 0 Å². The second kappa shape index (κ2) is 5.86. The van der Waals surface area contributed by atoms with Gasteiger partial charge in [-0.05, 0) is 25.7 Å². The van der Waals surface area contributed by atoms with Crippen LogP contribution in [-0.4, -0.2) is 30.5 Å². The highest BCUT2D eigenvalue weighted by atomic mass is 16.6. The van der Waals surface area contributed by atoms with Crippen LogP contribution in [0.2, 0.25) is 0 Å². The third-order valence-electron chi connectivity index (χ3n) is 3.53. The number of nitrogens with zero attached hydrogens (tertiary/aromatic N) is 5. The van der Waals surface area contributed by atoms with Crippen molar-refractivity contribution in [3.8, 4) is 11.7 Å². The van der Waals surface area contributed by atoms with E-state index >= 15 is 0 Å². The molecule has 8 nitrogen and oxygen atoms in total. The monoisotopic (exact) mass is 289 g/mol. The van der Waals surface area contributed by atoms with Crippen molar-refractivity contribution in [2.45, 2.75) is 38.2 Å². The Balaban J connectivity index is 1.96. The molecule has 0 bridgehead atoms. The fraction of sp³-hybridized carbons (Fsp3) is 0.462. The zero-order valence-corrected chi connectivity index (χ0v) is 11.4. The normalized spacial score (nSPS) is 15.8. The maximum atomic E-state index is 11.4. The molecule has 0 unspecified atom stereocenters. The second-order valence-corrected chi connectivity index (χ2v) is 4.96. The smallest absolute Gasteiger partial charge is 0.373 e. The van der Waals surface area contributed by atoms with Crippen LogP contribution >= 0.6 is 0 Å². The van der Waals surface area contributed by atoms with Gasteiger partial charge in [0.15, 0.2) is 0 Å². The van der Waals surface area contributed by atoms with E-state index in [1.54, 1.807) is 6.20 Å². The van der Waals surface area contributed by atoms with Crippen LogP contribution in [0.1, 0.15) is 32.1 Å². The van der Waals surface area contributed by atoms with Crippen LogP contribution in [-0.2, 0) is 0 Å². The summed E-state index contributed by atoms with van der Waals surface area (Å²) in [7, 11) is 0. The average molecular weight is 289 g/mol. The minimum atomic E-state index is -0.506. The summed E-state index contributed by atoms with van der Waals surface area (Å²) in [6.07, 6.45) is 11.0. The molecule has 1 saturated carbocycles. The van der Waals surface area contributed by atoms with E-state index in [1.807, 2.05) is 0 Å². The standard InChI is InChI=1S/C13H15N5O3/c19-18(20)11-12(17-7-6-14-9-17)15-8-16-13(11)21-10-4-2-1-3-5-10/h6-10H,1-5H2. The van der Waals surface area contributed by atoms with Crippen LogP contribution in [0.15, 0.2) is 25.0 Å². The first kappa shape index (κ1) is 13.5. The van der Waals surface area contributed by atoms with Crippen LogP contribution in [0, 0.1) is 10.1 Å². The molecule has 1 aliphatic carbocycles. The van der Waals surface area contributed by atoms with Crippen LogP contribution in [0.3, 0.4) is 0 Å². The summed E-state index contributed by atoms with van der Waals surface area (Å²) in [5, 5.41) is 11.4. The largest absolute Gasteiger partial charge is 0.469 e. The molecular weight excluding hydrogens is 274 g/mol. The van der Waals surface area contributed by atoms with Crippen LogP contribution < -0.4 is 4.74 Å². The van der Waals surface area contributed by atoms with Crippen molar-refractivity contribution in [1.82, 2.24) is 19.5 Å². The van der Waals surface area contributed by atoms with Gasteiger partial charge in [-0.2, -0.15) is 4.98 Å². The fourth-order valence-electron chi connectivity index (χ4n) is 2.51. The van der Waals surface area contributed by atoms with E-state index in [1.165, 1.54) is 29.8 Å². The fourth-order valence-corrected chi connectivity index (χ4v) is 2.51. The molecule has 3 rings (SSSR count). The molecule has 0 aromatic carbocycles. The lowest BCUT2D eigenvalue weighted by Crippen LogP contribution is -2.21. The Bertz CT molecular complexity index is 623. The summed E-state index contributed by atoms with van der Waals surface area (Å²) < 4.78 is 7.24. The Morgan fingerprint density at radius 2 is 2.10 bits per heavy atom. The van der Waals surface area contributed by atoms with Gasteiger partial charge in [0.25, 0.3) is 5.88 Å². The van der Waals surface area contributed by atoms with Crippen molar-refractivity contribution in [2.75, 3.05) is 0 Å². The van der Waals surface area contributed by atoms with Gasteiger partial charge >= 0.3 is 5.69 Å². The van der Waals surface area contributed by atoms with E-state index in [-0.39, 0.29) is 23.5 Å². The van der Waals surface area contributed by atoms with E-state index in [4.69, 9.17) is 4.74 Å². The Morgan fingerprint density at radius 3 is 2.76 bits per heavy atom. The van der Waals surface area contributed by atoms with E-state index in [0.29, 0.717) is 0 Å². The molecule has 0 N–H and O–H groups in total. The third kappa shape index (κ3) is 2.83. The van der Waals surface area contributed by atoms with Gasteiger partial charge < -0.3 is 4.74 Å². The molecule has 1 aliphatic rings. The Kier molecular flexibility index (Phi) is 3.76. The first-order valence-corrected chi connectivity index (χ1v) is 6.90. The van der Waals surface area contributed by atoms with Crippen LogP contribution in [0.5, 0.6) is 5.88 Å². The van der Waals surface area contributed by atoms with Gasteiger partial charge in [-0.1, -0.05) is 6.42 Å². The molecule has 2 aromatic heterocycles. The summed E-state index contributed by atoms with van der Waals surface area (Å²) in [4.78, 5) is 22.7. The zero-order chi connectivity index (χ0) is 14.7. The molecule has 0 atom stereocenters. The lowest BCUT2D eigenvalue weighted by Gasteiger charge is -2.22. The number of hydrogen-bond acceptors (Lipinski definition) is 6. The van der Waals surface area contributed by atoms with Crippen LogP contribution in [0.25, 0.3) is 5.82 Å². The lowest BCUT2D eigenvalue weighted by molar-refractivity contribution is -0.386. The highest BCUT2D eigenvalue weighted by Crippen LogP contribution is 2.32. The summed E-state index contributed by atoms with van der Waals surface area (Å²) in [6.45, 7) is 0. The number of hydrogen-bond donors (Lipinski definition) is 0. The third-order valence-corrected chi connectivity index (χ3v) is 3.53. The predicted octanol–water partition coefficient (Wildman–Crippen LogP) is 2.28. The Morgan fingerprint density at radius 1 is 1.29 bits per heavy atom. The Labute approximate surface area is 121 Å². The molecule has 0 aliphatic heterocycles. The minimum absolute atomic E-state index is 0.0111. The van der Waals surface area contributed by atoms with Gasteiger partial charge in [0.2, 0.25) is 5.82 Å². The number of rotatable bonds is 4. The van der Waals surface area contributed by atoms with Crippen molar-refractivity contribution in [3.63, 3.8) is 0 Å². The zero-order valence-electron chi connectivity index (χ0n) is 11.4. The van der Waals surface area contributed by atoms with E-state index in [2.05, 4.69) is 15.0 Å². The molecule has 0 spiro atoms. The van der Waals surface area contributed by atoms with Gasteiger partial charge in [0.05, 0.1) is 4.92 Å². The molecule has 21 heavy (non-hydrogen) atoms. The maximum Gasteiger partial charge on any atom is 0.373 e. The highest BCUT2D eigenvalue weighted by molar-refractivity contribution is 5.53. The minimum Gasteiger partial charge on any atom is -0.469 e. The molecule has 0 radical (unpaired) electrons. The van der Waals surface area contributed by atoms with Crippen molar-refractivity contribution < 1.29 is 9.66 Å². The topological polar surface area (TPSA) is 96.0 Å². The summed E-state index contributed by atoms with van der Waals surface area (Å²) in [5.41, 5.74) is -0.221. The number of nitro groups is 1. The van der Waals surface area contributed by atoms with Crippen molar-refractivity contribution >= 4 is 5.69 Å². The molecule has 2 heterocycles. The summed E-state index contributed by atoms with van der Waals surface area (Å²) in [6, 6.07) is 0. The molecule has 8 heteroatoms. The summed E-state index contributed by atoms with van der Waals surface area (Å²) >= 11 is 0. The molecule has 0 saturated heterocycles. The molecule has 110 valence electrons. The average Bonchev–Trinajstić information content (AvgIpc) is 3.02. The summed E-state index contributed by atoms with van der Waals surface area (Å²) in [5.74, 6) is 0.198. The Hall–Kier alpha value is -2.51. The van der Waals surface area contributed by atoms with E-state index in [0.717, 1.165) is 25.7 Å². The maximum absolute atomic E-state index is 11.4. The molecule has 0 amide bonds. The van der Waals surface area contributed by atoms with Crippen LogP contribution in [0.4, 0.5) is 5.69 Å². The SMILES string of the molecule is O=[N+]([O-])c1c(OC2CCCCC2)ncnc1-n1ccnc1. The van der Waals surface area contributed by atoms with Gasteiger partial charge in [0.1, 0.15) is 18.8 Å². The lowest BCUT2D eigenvalue weighted by atomic mass is 9.98. The molecular formula is C13H15N5O3. The van der Waals surface area contributed by atoms with Crippen molar-refractivity contribution in [3.05, 3.63) is 35.2 Å². The van der Waals surface area contributed by atoms with Gasteiger partial charge in [-0.15, -0.1) is 0 Å². The number of aromatic nitrogens is 4. The van der Waals surface area contributed by atoms with Gasteiger partial charge in [-0.25, -0.2) is 9.97 Å². The highest BCUT2D eigenvalue weighted by Gasteiger charge is 2.28. The van der Waals surface area contributed by atoms with Gasteiger partial charge in [-0.3, -0.25) is 14.7 Å². The second-order valence-electron chi connectivity index (χ2n) is 4.96. The molecule has 1 fully saturated rings. The van der Waals surface area contributed by atoms with E-state index < -0.39 is 4.92 Å². The quantitative estimate of drug-likeness (QED) is 0.633. The predicted molar refractivity (Wildman–Crippen MR) is 73.3 cm³/mol. The number of imidazole rings is 1. The van der Waals surface area contributed by atoms with E-state index in [9.17, 15) is 10.1 Å². The first-order chi connectivity index (χ1) is 10.3. The number of ether oxygens (including phenoxy) is 1. The first-order valence-electron chi connectivity index (χ1n) is 6.90. The molecule has 2 aromatic rings.